The van der Waals surface area contributed by atoms with Crippen molar-refractivity contribution in [2.45, 2.75) is 17.9 Å². The molecule has 1 aromatic heterocycles. The maximum Gasteiger partial charge on any atom is 0.347 e. The Morgan fingerprint density at radius 3 is 2.62 bits per heavy atom. The van der Waals surface area contributed by atoms with E-state index in [9.17, 15) is 13.2 Å². The Morgan fingerprint density at radius 2 is 2.00 bits per heavy atom. The minimum absolute atomic E-state index is 0.193. The van der Waals surface area contributed by atoms with Gasteiger partial charge in [0.2, 0.25) is 10.0 Å². The van der Waals surface area contributed by atoms with Crippen molar-refractivity contribution >= 4 is 43.3 Å². The van der Waals surface area contributed by atoms with Gasteiger partial charge in [-0.25, -0.2) is 17.9 Å². The molecule has 0 aliphatic rings. The van der Waals surface area contributed by atoms with E-state index in [2.05, 4.69) is 20.7 Å². The van der Waals surface area contributed by atoms with Gasteiger partial charge in [0.1, 0.15) is 9.77 Å². The molecule has 0 aliphatic carbocycles. The molecule has 0 aliphatic heterocycles. The minimum Gasteiger partial charge on any atom is -0.477 e. The molecule has 0 amide bonds. The first-order valence-electron chi connectivity index (χ1n) is 5.90. The largest absolute Gasteiger partial charge is 0.477 e. The Kier molecular flexibility index (Phi) is 4.82. The summed E-state index contributed by atoms with van der Waals surface area (Å²) in [4.78, 5) is 10.6. The van der Waals surface area contributed by atoms with E-state index in [1.807, 2.05) is 12.1 Å². The van der Waals surface area contributed by atoms with Crippen molar-refractivity contribution in [1.29, 1.82) is 0 Å². The average molecular weight is 390 g/mol. The molecular formula is C13H12BrNO4S2. The molecule has 21 heavy (non-hydrogen) atoms. The molecule has 0 saturated heterocycles. The Bertz CT molecular complexity index is 770. The van der Waals surface area contributed by atoms with E-state index in [0.29, 0.717) is 0 Å². The third kappa shape index (κ3) is 3.52. The molecule has 0 bridgehead atoms. The monoisotopic (exact) mass is 389 g/mol. The number of hydrogen-bond donors (Lipinski definition) is 2. The SMILES string of the molecule is C[C@@H](NS(=O)(=O)c1ccsc1C(=O)O)c1ccccc1Br. The van der Waals surface area contributed by atoms with Crippen molar-refractivity contribution in [2.24, 2.45) is 0 Å². The van der Waals surface area contributed by atoms with Crippen LogP contribution in [0.3, 0.4) is 0 Å². The molecule has 1 heterocycles. The lowest BCUT2D eigenvalue weighted by atomic mass is 10.1. The summed E-state index contributed by atoms with van der Waals surface area (Å²) in [6.45, 7) is 1.70. The first-order valence-corrected chi connectivity index (χ1v) is 9.06. The lowest BCUT2D eigenvalue weighted by Gasteiger charge is -2.15. The van der Waals surface area contributed by atoms with Crippen LogP contribution in [0.15, 0.2) is 45.1 Å². The number of thiophene rings is 1. The van der Waals surface area contributed by atoms with Crippen molar-refractivity contribution in [3.05, 3.63) is 50.6 Å². The van der Waals surface area contributed by atoms with Gasteiger partial charge in [0.15, 0.2) is 0 Å². The lowest BCUT2D eigenvalue weighted by molar-refractivity contribution is 0.0698. The third-order valence-corrected chi connectivity index (χ3v) is 6.15. The van der Waals surface area contributed by atoms with Crippen molar-refractivity contribution in [2.75, 3.05) is 0 Å². The van der Waals surface area contributed by atoms with Crippen molar-refractivity contribution in [3.8, 4) is 0 Å². The molecule has 0 radical (unpaired) electrons. The topological polar surface area (TPSA) is 83.5 Å². The summed E-state index contributed by atoms with van der Waals surface area (Å²) in [5.74, 6) is -1.25. The highest BCUT2D eigenvalue weighted by atomic mass is 79.9. The van der Waals surface area contributed by atoms with Gasteiger partial charge >= 0.3 is 5.97 Å². The summed E-state index contributed by atoms with van der Waals surface area (Å²) < 4.78 is 27.9. The highest BCUT2D eigenvalue weighted by Gasteiger charge is 2.26. The van der Waals surface area contributed by atoms with E-state index < -0.39 is 22.0 Å². The van der Waals surface area contributed by atoms with Gasteiger partial charge in [-0.15, -0.1) is 11.3 Å². The Balaban J connectivity index is 2.32. The first-order chi connectivity index (χ1) is 9.83. The fourth-order valence-corrected chi connectivity index (χ4v) is 4.96. The number of aromatic carboxylic acids is 1. The van der Waals surface area contributed by atoms with Crippen LogP contribution in [-0.4, -0.2) is 19.5 Å². The fourth-order valence-electron chi connectivity index (χ4n) is 1.85. The number of halogens is 1. The van der Waals surface area contributed by atoms with Crippen LogP contribution in [-0.2, 0) is 10.0 Å². The number of hydrogen-bond acceptors (Lipinski definition) is 4. The summed E-state index contributed by atoms with van der Waals surface area (Å²) >= 11 is 4.25. The van der Waals surface area contributed by atoms with E-state index in [0.717, 1.165) is 21.4 Å². The zero-order chi connectivity index (χ0) is 15.6. The maximum atomic E-state index is 12.3. The molecule has 0 unspecified atom stereocenters. The summed E-state index contributed by atoms with van der Waals surface area (Å²) in [7, 11) is -3.90. The number of carboxylic acid groups (broad SMARTS) is 1. The van der Waals surface area contributed by atoms with E-state index in [1.165, 1.54) is 11.4 Å². The van der Waals surface area contributed by atoms with Gasteiger partial charge < -0.3 is 5.11 Å². The molecule has 112 valence electrons. The van der Waals surface area contributed by atoms with Crippen LogP contribution in [0.2, 0.25) is 0 Å². The van der Waals surface area contributed by atoms with Crippen LogP contribution in [0.1, 0.15) is 28.2 Å². The maximum absolute atomic E-state index is 12.3. The number of rotatable bonds is 5. The van der Waals surface area contributed by atoms with Crippen LogP contribution in [0.25, 0.3) is 0 Å². The normalized spacial score (nSPS) is 13.0. The van der Waals surface area contributed by atoms with Gasteiger partial charge in [0, 0.05) is 10.5 Å². The highest BCUT2D eigenvalue weighted by Crippen LogP contribution is 2.27. The second-order valence-electron chi connectivity index (χ2n) is 4.28. The number of nitrogens with one attached hydrogen (secondary N) is 1. The first kappa shape index (κ1) is 16.2. The van der Waals surface area contributed by atoms with Gasteiger partial charge in [-0.05, 0) is 30.0 Å². The Hall–Kier alpha value is -1.22. The van der Waals surface area contributed by atoms with Crippen molar-refractivity contribution in [1.82, 2.24) is 4.72 Å². The quantitative estimate of drug-likeness (QED) is 0.821. The van der Waals surface area contributed by atoms with Crippen LogP contribution < -0.4 is 4.72 Å². The van der Waals surface area contributed by atoms with Crippen LogP contribution in [0.5, 0.6) is 0 Å². The molecule has 5 nitrogen and oxygen atoms in total. The zero-order valence-corrected chi connectivity index (χ0v) is 14.1. The van der Waals surface area contributed by atoms with E-state index in [1.54, 1.807) is 19.1 Å². The van der Waals surface area contributed by atoms with Gasteiger partial charge in [-0.1, -0.05) is 34.1 Å². The molecule has 2 aromatic rings. The number of sulfonamides is 1. The summed E-state index contributed by atoms with van der Waals surface area (Å²) in [6, 6.07) is 8.04. The highest BCUT2D eigenvalue weighted by molar-refractivity contribution is 9.10. The number of carbonyl (C=O) groups is 1. The molecule has 0 saturated carbocycles. The van der Waals surface area contributed by atoms with Crippen LogP contribution in [0.4, 0.5) is 0 Å². The van der Waals surface area contributed by atoms with E-state index in [4.69, 9.17) is 5.11 Å². The molecule has 8 heteroatoms. The van der Waals surface area contributed by atoms with Gasteiger partial charge in [-0.3, -0.25) is 0 Å². The predicted molar refractivity (Wildman–Crippen MR) is 84.2 cm³/mol. The number of carboxylic acids is 1. The molecule has 1 aromatic carbocycles. The molecule has 2 rings (SSSR count). The Labute approximate surface area is 134 Å². The fraction of sp³-hybridized carbons (Fsp3) is 0.154. The van der Waals surface area contributed by atoms with Crippen molar-refractivity contribution in [3.63, 3.8) is 0 Å². The standard InChI is InChI=1S/C13H12BrNO4S2/c1-8(9-4-2-3-5-10(9)14)15-21(18,19)11-6-7-20-12(11)13(16)17/h2-8,15H,1H3,(H,16,17)/t8-/m1/s1. The third-order valence-electron chi connectivity index (χ3n) is 2.82. The molecule has 0 fully saturated rings. The zero-order valence-electron chi connectivity index (χ0n) is 10.9. The van der Waals surface area contributed by atoms with Gasteiger partial charge in [0.05, 0.1) is 0 Å². The Morgan fingerprint density at radius 1 is 1.33 bits per heavy atom. The second-order valence-corrected chi connectivity index (χ2v) is 7.74. The summed E-state index contributed by atoms with van der Waals surface area (Å²) in [6.07, 6.45) is 0. The lowest BCUT2D eigenvalue weighted by Crippen LogP contribution is -2.27. The van der Waals surface area contributed by atoms with Crippen molar-refractivity contribution < 1.29 is 18.3 Å². The van der Waals surface area contributed by atoms with E-state index >= 15 is 0 Å². The van der Waals surface area contributed by atoms with E-state index in [-0.39, 0.29) is 9.77 Å². The second kappa shape index (κ2) is 6.27. The molecule has 0 spiro atoms. The van der Waals surface area contributed by atoms with Gasteiger partial charge in [-0.2, -0.15) is 0 Å². The molecule has 2 N–H and O–H groups in total. The summed E-state index contributed by atoms with van der Waals surface area (Å²) in [5.41, 5.74) is 0.771. The average Bonchev–Trinajstić information content (AvgIpc) is 2.88. The molecular weight excluding hydrogens is 378 g/mol. The minimum atomic E-state index is -3.90. The van der Waals surface area contributed by atoms with Crippen LogP contribution >= 0.6 is 27.3 Å². The van der Waals surface area contributed by atoms with Crippen LogP contribution in [0, 0.1) is 0 Å². The molecule has 1 atom stereocenters. The van der Waals surface area contributed by atoms with Gasteiger partial charge in [0.25, 0.3) is 0 Å². The predicted octanol–water partition coefficient (Wildman–Crippen LogP) is 3.25. The number of benzene rings is 1. The smallest absolute Gasteiger partial charge is 0.347 e. The summed E-state index contributed by atoms with van der Waals surface area (Å²) in [5, 5.41) is 10.5.